The summed E-state index contributed by atoms with van der Waals surface area (Å²) in [5.74, 6) is 0.451. The van der Waals surface area contributed by atoms with Gasteiger partial charge in [0.1, 0.15) is 5.52 Å². The number of fused-ring (bicyclic) bond motifs is 1. The van der Waals surface area contributed by atoms with E-state index in [0.717, 1.165) is 22.6 Å². The number of amides is 1. The second-order valence-corrected chi connectivity index (χ2v) is 6.37. The van der Waals surface area contributed by atoms with Crippen LogP contribution in [-0.4, -0.2) is 15.5 Å². The fraction of sp³-hybridized carbons (Fsp3) is 0.143. The summed E-state index contributed by atoms with van der Waals surface area (Å²) in [5.41, 5.74) is 6.11. The Balaban J connectivity index is 1.56. The minimum atomic E-state index is -0.155. The normalized spacial score (nSPS) is 11.0. The van der Waals surface area contributed by atoms with Crippen molar-refractivity contribution in [1.82, 2.24) is 9.55 Å². The van der Waals surface area contributed by atoms with Crippen LogP contribution in [0.1, 0.15) is 27.6 Å². The van der Waals surface area contributed by atoms with Crippen molar-refractivity contribution in [2.75, 3.05) is 5.32 Å². The lowest BCUT2D eigenvalue weighted by Crippen LogP contribution is -2.12. The van der Waals surface area contributed by atoms with Crippen LogP contribution in [0, 0.1) is 20.8 Å². The summed E-state index contributed by atoms with van der Waals surface area (Å²) in [7, 11) is 0. The lowest BCUT2D eigenvalue weighted by Gasteiger charge is -2.10. The van der Waals surface area contributed by atoms with Crippen LogP contribution in [0.5, 0.6) is 0 Å². The third kappa shape index (κ3) is 2.88. The van der Waals surface area contributed by atoms with Gasteiger partial charge in [0.2, 0.25) is 0 Å². The smallest absolute Gasteiger partial charge is 0.255 e. The van der Waals surface area contributed by atoms with Crippen LogP contribution >= 0.6 is 0 Å². The van der Waals surface area contributed by atoms with Gasteiger partial charge in [-0.05, 0) is 68.4 Å². The van der Waals surface area contributed by atoms with Gasteiger partial charge in [0, 0.05) is 35.2 Å². The molecule has 0 spiro atoms. The maximum Gasteiger partial charge on any atom is 0.255 e. The Kier molecular flexibility index (Phi) is 3.84. The van der Waals surface area contributed by atoms with Gasteiger partial charge in [-0.15, -0.1) is 0 Å². The van der Waals surface area contributed by atoms with Crippen molar-refractivity contribution in [1.29, 1.82) is 0 Å². The second-order valence-electron chi connectivity index (χ2n) is 6.37. The van der Waals surface area contributed by atoms with Crippen LogP contribution in [-0.2, 0) is 0 Å². The summed E-state index contributed by atoms with van der Waals surface area (Å²) in [4.78, 5) is 16.8. The van der Waals surface area contributed by atoms with E-state index < -0.39 is 0 Å². The third-order valence-corrected chi connectivity index (χ3v) is 4.41. The first kappa shape index (κ1) is 16.1. The fourth-order valence-corrected chi connectivity index (χ4v) is 3.16. The molecule has 26 heavy (non-hydrogen) atoms. The Morgan fingerprint density at radius 1 is 0.962 bits per heavy atom. The monoisotopic (exact) mass is 345 g/mol. The predicted octanol–water partition coefficient (Wildman–Crippen LogP) is 4.80. The summed E-state index contributed by atoms with van der Waals surface area (Å²) in [6.07, 6.45) is 0. The van der Waals surface area contributed by atoms with Gasteiger partial charge in [-0.3, -0.25) is 4.79 Å². The van der Waals surface area contributed by atoms with Gasteiger partial charge in [0.25, 0.3) is 5.91 Å². The third-order valence-electron chi connectivity index (χ3n) is 4.41. The van der Waals surface area contributed by atoms with E-state index >= 15 is 0 Å². The minimum Gasteiger partial charge on any atom is -0.441 e. The van der Waals surface area contributed by atoms with Crippen LogP contribution in [0.4, 0.5) is 5.69 Å². The van der Waals surface area contributed by atoms with Gasteiger partial charge in [0.15, 0.2) is 11.5 Å². The van der Waals surface area contributed by atoms with Gasteiger partial charge in [0.05, 0.1) is 0 Å². The summed E-state index contributed by atoms with van der Waals surface area (Å²) < 4.78 is 7.61. The highest BCUT2D eigenvalue weighted by Crippen LogP contribution is 2.21. The zero-order valence-electron chi connectivity index (χ0n) is 14.9. The number of rotatable bonds is 3. The second kappa shape index (κ2) is 6.19. The molecule has 0 saturated heterocycles. The highest BCUT2D eigenvalue weighted by molar-refractivity contribution is 6.05. The molecule has 1 N–H and O–H groups in total. The molecule has 4 rings (SSSR count). The van der Waals surface area contributed by atoms with E-state index in [9.17, 15) is 4.79 Å². The number of hydrogen-bond acceptors (Lipinski definition) is 3. The number of aromatic nitrogens is 2. The number of carbonyl (C=O) groups excluding carboxylic acids is 1. The van der Waals surface area contributed by atoms with Crippen LogP contribution in [0.2, 0.25) is 0 Å². The molecule has 0 aliphatic heterocycles. The Bertz CT molecular complexity index is 1080. The summed E-state index contributed by atoms with van der Waals surface area (Å²) >= 11 is 0. The SMILES string of the molecule is Cc1nc2cc(NC(=O)c3ccc(-n4c(C)ccc4C)cc3)ccc2o1. The van der Waals surface area contributed by atoms with Crippen molar-refractivity contribution < 1.29 is 9.21 Å². The van der Waals surface area contributed by atoms with Crippen molar-refractivity contribution >= 4 is 22.7 Å². The lowest BCUT2D eigenvalue weighted by atomic mass is 10.1. The molecule has 5 heteroatoms. The quantitative estimate of drug-likeness (QED) is 0.580. The molecule has 2 aromatic heterocycles. The maximum atomic E-state index is 12.5. The molecule has 2 aromatic carbocycles. The zero-order valence-corrected chi connectivity index (χ0v) is 14.9. The molecule has 2 heterocycles. The highest BCUT2D eigenvalue weighted by atomic mass is 16.3. The number of hydrogen-bond donors (Lipinski definition) is 1. The lowest BCUT2D eigenvalue weighted by molar-refractivity contribution is 0.102. The number of carbonyl (C=O) groups is 1. The number of nitrogens with zero attached hydrogens (tertiary/aromatic N) is 2. The highest BCUT2D eigenvalue weighted by Gasteiger charge is 2.10. The Labute approximate surface area is 151 Å². The summed E-state index contributed by atoms with van der Waals surface area (Å²) in [6, 6.07) is 17.2. The summed E-state index contributed by atoms with van der Waals surface area (Å²) in [6.45, 7) is 5.93. The van der Waals surface area contributed by atoms with Gasteiger partial charge < -0.3 is 14.3 Å². The van der Waals surface area contributed by atoms with Crippen molar-refractivity contribution in [3.8, 4) is 5.69 Å². The average molecular weight is 345 g/mol. The molecule has 130 valence electrons. The number of nitrogens with one attached hydrogen (secondary N) is 1. The van der Waals surface area contributed by atoms with Crippen LogP contribution in [0.3, 0.4) is 0 Å². The van der Waals surface area contributed by atoms with Crippen LogP contribution in [0.15, 0.2) is 59.0 Å². The Hall–Kier alpha value is -3.34. The molecule has 0 atom stereocenters. The van der Waals surface area contributed by atoms with Crippen molar-refractivity contribution in [2.24, 2.45) is 0 Å². The molecule has 0 unspecified atom stereocenters. The van der Waals surface area contributed by atoms with Crippen molar-refractivity contribution in [2.45, 2.75) is 20.8 Å². The number of oxazole rings is 1. The largest absolute Gasteiger partial charge is 0.441 e. The van der Waals surface area contributed by atoms with Crippen molar-refractivity contribution in [3.05, 3.63) is 77.4 Å². The van der Waals surface area contributed by atoms with Gasteiger partial charge in [-0.1, -0.05) is 0 Å². The van der Waals surface area contributed by atoms with E-state index in [1.54, 1.807) is 6.92 Å². The summed E-state index contributed by atoms with van der Waals surface area (Å²) in [5, 5.41) is 2.91. The Morgan fingerprint density at radius 3 is 2.35 bits per heavy atom. The molecule has 0 fully saturated rings. The number of anilines is 1. The first-order valence-electron chi connectivity index (χ1n) is 8.45. The molecule has 4 aromatic rings. The molecule has 0 aliphatic rings. The van der Waals surface area contributed by atoms with E-state index in [1.807, 2.05) is 42.5 Å². The molecule has 0 saturated carbocycles. The molecule has 0 bridgehead atoms. The molecular formula is C21H19N3O2. The van der Waals surface area contributed by atoms with Crippen LogP contribution < -0.4 is 5.32 Å². The van der Waals surface area contributed by atoms with E-state index in [1.165, 1.54) is 0 Å². The molecule has 1 amide bonds. The first-order valence-corrected chi connectivity index (χ1v) is 8.45. The molecular weight excluding hydrogens is 326 g/mol. The van der Waals surface area contributed by atoms with E-state index in [2.05, 4.69) is 40.8 Å². The number of aryl methyl sites for hydroxylation is 3. The predicted molar refractivity (Wildman–Crippen MR) is 102 cm³/mol. The minimum absolute atomic E-state index is 0.155. The zero-order chi connectivity index (χ0) is 18.3. The van der Waals surface area contributed by atoms with E-state index in [4.69, 9.17) is 4.42 Å². The standard InChI is InChI=1S/C21H19N3O2/c1-13-4-5-14(2)24(13)18-9-6-16(7-10-18)21(25)23-17-8-11-20-19(12-17)22-15(3)26-20/h4-12H,1-3H3,(H,23,25). The molecule has 5 nitrogen and oxygen atoms in total. The maximum absolute atomic E-state index is 12.5. The first-order chi connectivity index (χ1) is 12.5. The average Bonchev–Trinajstić information content (AvgIpc) is 3.15. The molecule has 0 radical (unpaired) electrons. The van der Waals surface area contributed by atoms with Gasteiger partial charge in [-0.2, -0.15) is 0 Å². The topological polar surface area (TPSA) is 60.1 Å². The van der Waals surface area contributed by atoms with E-state index in [-0.39, 0.29) is 5.91 Å². The van der Waals surface area contributed by atoms with Gasteiger partial charge >= 0.3 is 0 Å². The van der Waals surface area contributed by atoms with Crippen LogP contribution in [0.25, 0.3) is 16.8 Å². The van der Waals surface area contributed by atoms with Crippen molar-refractivity contribution in [3.63, 3.8) is 0 Å². The van der Waals surface area contributed by atoms with Gasteiger partial charge in [-0.25, -0.2) is 4.98 Å². The Morgan fingerprint density at radius 2 is 1.65 bits per heavy atom. The van der Waals surface area contributed by atoms with E-state index in [0.29, 0.717) is 22.7 Å². The molecule has 0 aliphatic carbocycles. The number of benzene rings is 2. The fourth-order valence-electron chi connectivity index (χ4n) is 3.16.